The maximum atomic E-state index is 12.7. The van der Waals surface area contributed by atoms with Crippen LogP contribution in [0, 0.1) is 6.92 Å². The molecule has 2 amide bonds. The third-order valence-electron chi connectivity index (χ3n) is 5.72. The first-order chi connectivity index (χ1) is 15.2. The average molecular weight is 451 g/mol. The van der Waals surface area contributed by atoms with E-state index in [0.717, 1.165) is 29.9 Å². The Morgan fingerprint density at radius 2 is 1.97 bits per heavy atom. The lowest BCUT2D eigenvalue weighted by Gasteiger charge is -2.27. The second-order valence-electron chi connectivity index (χ2n) is 9.40. The monoisotopic (exact) mass is 450 g/mol. The maximum absolute atomic E-state index is 12.7. The number of nitrogens with zero attached hydrogens (tertiary/aromatic N) is 3. The number of amides is 2. The number of thiophene rings is 1. The fourth-order valence-corrected chi connectivity index (χ4v) is 4.73. The van der Waals surface area contributed by atoms with E-state index in [9.17, 15) is 9.59 Å². The van der Waals surface area contributed by atoms with Crippen LogP contribution in [-0.4, -0.2) is 33.0 Å². The van der Waals surface area contributed by atoms with Crippen LogP contribution in [0.3, 0.4) is 0 Å². The first-order valence-electron chi connectivity index (χ1n) is 11.0. The highest BCUT2D eigenvalue weighted by molar-refractivity contribution is 7.10. The fourth-order valence-electron chi connectivity index (χ4n) is 3.84. The molecule has 0 aliphatic carbocycles. The molecule has 0 unspecified atom stereocenters. The fraction of sp³-hybridized carbons (Fsp3) is 0.400. The molecule has 1 aliphatic rings. The van der Waals surface area contributed by atoms with Crippen molar-refractivity contribution >= 4 is 29.0 Å². The van der Waals surface area contributed by atoms with Crippen LogP contribution in [0.1, 0.15) is 55.3 Å². The Morgan fingerprint density at radius 3 is 2.72 bits per heavy atom. The summed E-state index contributed by atoms with van der Waals surface area (Å²) in [5.41, 5.74) is 3.99. The number of rotatable bonds is 5. The Bertz CT molecular complexity index is 1140. The molecule has 1 N–H and O–H groups in total. The van der Waals surface area contributed by atoms with Gasteiger partial charge in [-0.3, -0.25) is 9.59 Å². The van der Waals surface area contributed by atoms with Crippen molar-refractivity contribution in [2.45, 2.75) is 58.9 Å². The lowest BCUT2D eigenvalue weighted by atomic mass is 9.92. The number of aromatic nitrogens is 2. The van der Waals surface area contributed by atoms with Gasteiger partial charge in [0.25, 0.3) is 0 Å². The Kier molecular flexibility index (Phi) is 6.20. The normalized spacial score (nSPS) is 13.7. The zero-order valence-corrected chi connectivity index (χ0v) is 20.0. The van der Waals surface area contributed by atoms with E-state index in [1.165, 1.54) is 10.4 Å². The minimum Gasteiger partial charge on any atom is -0.338 e. The molecule has 0 saturated carbocycles. The quantitative estimate of drug-likeness (QED) is 0.605. The van der Waals surface area contributed by atoms with E-state index in [0.29, 0.717) is 12.4 Å². The maximum Gasteiger partial charge on any atom is 0.226 e. The molecule has 4 rings (SSSR count). The molecule has 2 aromatic heterocycles. The molecule has 7 heteroatoms. The predicted octanol–water partition coefficient (Wildman–Crippen LogP) is 4.84. The number of anilines is 1. The minimum absolute atomic E-state index is 0.0274. The van der Waals surface area contributed by atoms with Gasteiger partial charge in [-0.05, 0) is 48.1 Å². The molecule has 0 fully saturated rings. The Hall–Kier alpha value is -2.93. The number of benzene rings is 1. The first kappa shape index (κ1) is 22.3. The summed E-state index contributed by atoms with van der Waals surface area (Å²) < 4.78 is 1.77. The minimum atomic E-state index is -0.180. The molecule has 32 heavy (non-hydrogen) atoms. The summed E-state index contributed by atoms with van der Waals surface area (Å²) in [6, 6.07) is 12.0. The van der Waals surface area contributed by atoms with Crippen molar-refractivity contribution in [2.75, 3.05) is 11.9 Å². The van der Waals surface area contributed by atoms with E-state index < -0.39 is 0 Å². The highest BCUT2D eigenvalue weighted by Crippen LogP contribution is 2.27. The largest absolute Gasteiger partial charge is 0.338 e. The topological polar surface area (TPSA) is 67.2 Å². The van der Waals surface area contributed by atoms with Gasteiger partial charge in [0.05, 0.1) is 11.4 Å². The lowest BCUT2D eigenvalue weighted by molar-refractivity contribution is -0.133. The molecular formula is C25H30N4O2S. The van der Waals surface area contributed by atoms with Gasteiger partial charge in [-0.25, -0.2) is 4.68 Å². The molecule has 0 radical (unpaired) electrons. The second-order valence-corrected chi connectivity index (χ2v) is 10.4. The highest BCUT2D eigenvalue weighted by Gasteiger charge is 2.24. The average Bonchev–Trinajstić information content (AvgIpc) is 3.38. The zero-order valence-electron chi connectivity index (χ0n) is 19.1. The van der Waals surface area contributed by atoms with E-state index in [1.54, 1.807) is 16.0 Å². The number of fused-ring (bicyclic) bond motifs is 1. The van der Waals surface area contributed by atoms with Crippen LogP contribution in [0.25, 0.3) is 5.69 Å². The molecule has 1 aliphatic heterocycles. The third kappa shape index (κ3) is 4.93. The van der Waals surface area contributed by atoms with E-state index >= 15 is 0 Å². The number of hydrogen-bond acceptors (Lipinski definition) is 4. The van der Waals surface area contributed by atoms with E-state index in [-0.39, 0.29) is 30.1 Å². The third-order valence-corrected chi connectivity index (χ3v) is 6.74. The number of hydrogen-bond donors (Lipinski definition) is 1. The van der Waals surface area contributed by atoms with E-state index in [2.05, 4.69) is 37.5 Å². The lowest BCUT2D eigenvalue weighted by Crippen LogP contribution is -2.35. The van der Waals surface area contributed by atoms with Gasteiger partial charge in [0.1, 0.15) is 5.82 Å². The second kappa shape index (κ2) is 8.90. The number of carbonyl (C=O) groups excluding carboxylic acids is 2. The van der Waals surface area contributed by atoms with Crippen molar-refractivity contribution in [3.8, 4) is 5.69 Å². The van der Waals surface area contributed by atoms with Crippen molar-refractivity contribution in [1.82, 2.24) is 14.7 Å². The van der Waals surface area contributed by atoms with Gasteiger partial charge in [-0.15, -0.1) is 11.3 Å². The van der Waals surface area contributed by atoms with Gasteiger partial charge >= 0.3 is 0 Å². The van der Waals surface area contributed by atoms with Gasteiger partial charge in [-0.1, -0.05) is 32.9 Å². The van der Waals surface area contributed by atoms with Gasteiger partial charge in [0.15, 0.2) is 0 Å². The number of carbonyl (C=O) groups is 2. The van der Waals surface area contributed by atoms with Crippen LogP contribution in [-0.2, 0) is 28.0 Å². The molecule has 0 bridgehead atoms. The predicted molar refractivity (Wildman–Crippen MR) is 128 cm³/mol. The van der Waals surface area contributed by atoms with Crippen LogP contribution < -0.4 is 5.32 Å². The van der Waals surface area contributed by atoms with E-state index in [1.807, 2.05) is 42.2 Å². The Morgan fingerprint density at radius 1 is 1.16 bits per heavy atom. The highest BCUT2D eigenvalue weighted by atomic mass is 32.1. The van der Waals surface area contributed by atoms with Gasteiger partial charge in [0, 0.05) is 42.3 Å². The molecule has 3 aromatic rings. The molecule has 168 valence electrons. The molecule has 0 spiro atoms. The summed E-state index contributed by atoms with van der Waals surface area (Å²) in [7, 11) is 0. The first-order valence-corrected chi connectivity index (χ1v) is 11.9. The van der Waals surface area contributed by atoms with Crippen LogP contribution in [0.2, 0.25) is 0 Å². The van der Waals surface area contributed by atoms with E-state index in [4.69, 9.17) is 5.10 Å². The zero-order chi connectivity index (χ0) is 22.9. The van der Waals surface area contributed by atoms with Crippen molar-refractivity contribution in [3.63, 3.8) is 0 Å². The van der Waals surface area contributed by atoms with Gasteiger partial charge in [0.2, 0.25) is 11.8 Å². The molecular weight excluding hydrogens is 420 g/mol. The number of nitrogens with one attached hydrogen (secondary N) is 1. The van der Waals surface area contributed by atoms with Crippen molar-refractivity contribution in [2.24, 2.45) is 0 Å². The van der Waals surface area contributed by atoms with Crippen LogP contribution in [0.4, 0.5) is 5.82 Å². The standard InChI is InChI=1S/C25H30N4O2S/c1-17-6-5-7-19(14-17)29-22(15-21(27-29)25(2,3)4)26-23(30)8-9-24(31)28-12-10-20-18(16-28)11-13-32-20/h5-7,11,13-15H,8-10,12,16H2,1-4H3,(H,26,30). The van der Waals surface area contributed by atoms with Gasteiger partial charge < -0.3 is 10.2 Å². The summed E-state index contributed by atoms with van der Waals surface area (Å²) in [6.07, 6.45) is 1.25. The van der Waals surface area contributed by atoms with Crippen molar-refractivity contribution in [3.05, 3.63) is 63.5 Å². The summed E-state index contributed by atoms with van der Waals surface area (Å²) in [4.78, 5) is 28.6. The SMILES string of the molecule is Cc1cccc(-n2nc(C(C)(C)C)cc2NC(=O)CCC(=O)N2CCc3sccc3C2)c1. The summed E-state index contributed by atoms with van der Waals surface area (Å²) in [5, 5.41) is 9.82. The Balaban J connectivity index is 1.43. The molecule has 3 heterocycles. The van der Waals surface area contributed by atoms with Crippen molar-refractivity contribution in [1.29, 1.82) is 0 Å². The van der Waals surface area contributed by atoms with Crippen LogP contribution >= 0.6 is 11.3 Å². The molecule has 6 nitrogen and oxygen atoms in total. The summed E-state index contributed by atoms with van der Waals surface area (Å²) in [5.74, 6) is 0.472. The number of aryl methyl sites for hydroxylation is 1. The van der Waals surface area contributed by atoms with Crippen LogP contribution in [0.15, 0.2) is 41.8 Å². The molecule has 0 atom stereocenters. The summed E-state index contributed by atoms with van der Waals surface area (Å²) in [6.45, 7) is 9.69. The molecule has 1 aromatic carbocycles. The Labute approximate surface area is 193 Å². The van der Waals surface area contributed by atoms with Crippen molar-refractivity contribution < 1.29 is 9.59 Å². The smallest absolute Gasteiger partial charge is 0.226 e. The summed E-state index contributed by atoms with van der Waals surface area (Å²) >= 11 is 1.75. The van der Waals surface area contributed by atoms with Gasteiger partial charge in [-0.2, -0.15) is 5.10 Å². The molecule has 0 saturated heterocycles. The van der Waals surface area contributed by atoms with Crippen LogP contribution in [0.5, 0.6) is 0 Å².